The highest BCUT2D eigenvalue weighted by Crippen LogP contribution is 2.35. The van der Waals surface area contributed by atoms with Gasteiger partial charge in [0, 0.05) is 45.6 Å². The molecule has 2 saturated heterocycles. The number of aromatic nitrogens is 6. The number of anilines is 1. The Kier molecular flexibility index (Phi) is 3.53. The van der Waals surface area contributed by atoms with E-state index in [0.29, 0.717) is 24.9 Å². The van der Waals surface area contributed by atoms with Crippen LogP contribution in [0.1, 0.15) is 5.82 Å². The zero-order chi connectivity index (χ0) is 18.8. The first kappa shape index (κ1) is 16.6. The second-order valence-corrected chi connectivity index (χ2v) is 9.11. The monoisotopic (exact) mass is 388 g/mol. The number of fused-ring (bicyclic) bond motifs is 2. The van der Waals surface area contributed by atoms with Gasteiger partial charge in [-0.2, -0.15) is 8.82 Å². The highest BCUT2D eigenvalue weighted by Gasteiger charge is 2.45. The molecule has 3 aromatic heterocycles. The van der Waals surface area contributed by atoms with Gasteiger partial charge in [-0.05, 0) is 30.9 Å². The summed E-state index contributed by atoms with van der Waals surface area (Å²) in [6.45, 7) is 4.48. The lowest BCUT2D eigenvalue weighted by Crippen LogP contribution is -2.34. The fourth-order valence-corrected chi connectivity index (χ4v) is 5.73. The highest BCUT2D eigenvalue weighted by atomic mass is 32.2. The molecule has 0 N–H and O–H groups in total. The van der Waals surface area contributed by atoms with Crippen molar-refractivity contribution in [3.8, 4) is 0 Å². The fraction of sp³-hybridized carbons (Fsp3) is 0.500. The Labute approximate surface area is 156 Å². The van der Waals surface area contributed by atoms with Crippen LogP contribution < -0.4 is 4.90 Å². The maximum Gasteiger partial charge on any atom is 0.277 e. The minimum atomic E-state index is -3.55. The van der Waals surface area contributed by atoms with Crippen LogP contribution in [0.25, 0.3) is 5.65 Å². The Morgan fingerprint density at radius 2 is 1.81 bits per heavy atom. The molecule has 27 heavy (non-hydrogen) atoms. The minimum absolute atomic E-state index is 0.106. The van der Waals surface area contributed by atoms with Crippen LogP contribution >= 0.6 is 0 Å². The van der Waals surface area contributed by atoms with Crippen molar-refractivity contribution in [1.82, 2.24) is 33.7 Å². The van der Waals surface area contributed by atoms with E-state index in [9.17, 15) is 8.42 Å². The van der Waals surface area contributed by atoms with Crippen molar-refractivity contribution < 1.29 is 8.42 Å². The summed E-state index contributed by atoms with van der Waals surface area (Å²) in [4.78, 5) is 6.24. The van der Waals surface area contributed by atoms with E-state index in [1.54, 1.807) is 26.6 Å². The molecule has 142 valence electrons. The van der Waals surface area contributed by atoms with Crippen LogP contribution in [-0.4, -0.2) is 68.3 Å². The number of nitrogens with zero attached hydrogens (tertiary/aromatic N) is 8. The average Bonchev–Trinajstić information content (AvgIpc) is 3.38. The van der Waals surface area contributed by atoms with Crippen molar-refractivity contribution in [1.29, 1.82) is 0 Å². The van der Waals surface area contributed by atoms with Crippen LogP contribution in [0.4, 0.5) is 5.82 Å². The Balaban J connectivity index is 1.34. The molecule has 3 aromatic rings. The van der Waals surface area contributed by atoms with Gasteiger partial charge in [0.1, 0.15) is 5.82 Å². The number of sulfonamides is 1. The molecule has 5 rings (SSSR count). The van der Waals surface area contributed by atoms with E-state index in [1.807, 2.05) is 19.1 Å². The Bertz CT molecular complexity index is 1110. The summed E-state index contributed by atoms with van der Waals surface area (Å²) < 4.78 is 30.6. The number of hydrogen-bond donors (Lipinski definition) is 0. The summed E-state index contributed by atoms with van der Waals surface area (Å²) in [6.07, 6.45) is 3.17. The van der Waals surface area contributed by atoms with Crippen LogP contribution in [0.3, 0.4) is 0 Å². The van der Waals surface area contributed by atoms with Gasteiger partial charge in [0.25, 0.3) is 10.0 Å². The number of imidazole rings is 1. The van der Waals surface area contributed by atoms with Crippen molar-refractivity contribution in [2.45, 2.75) is 12.1 Å². The topological polar surface area (TPSA) is 102 Å². The Hall–Kier alpha value is -2.53. The molecular weight excluding hydrogens is 368 g/mol. The molecule has 11 heteroatoms. The lowest BCUT2D eigenvalue weighted by molar-refractivity contribution is 0.443. The minimum Gasteiger partial charge on any atom is -0.355 e. The zero-order valence-corrected chi connectivity index (χ0v) is 15.9. The predicted octanol–water partition coefficient (Wildman–Crippen LogP) is -0.0769. The quantitative estimate of drug-likeness (QED) is 0.619. The van der Waals surface area contributed by atoms with Crippen LogP contribution in [0.2, 0.25) is 0 Å². The summed E-state index contributed by atoms with van der Waals surface area (Å²) in [7, 11) is -1.85. The first-order valence-corrected chi connectivity index (χ1v) is 10.3. The molecule has 5 heterocycles. The van der Waals surface area contributed by atoms with E-state index in [4.69, 9.17) is 0 Å². The van der Waals surface area contributed by atoms with E-state index in [1.165, 1.54) is 6.20 Å². The van der Waals surface area contributed by atoms with Crippen molar-refractivity contribution >= 4 is 21.5 Å². The van der Waals surface area contributed by atoms with Gasteiger partial charge in [-0.15, -0.1) is 15.3 Å². The van der Waals surface area contributed by atoms with Crippen LogP contribution in [-0.2, 0) is 17.1 Å². The average molecular weight is 388 g/mol. The maximum absolute atomic E-state index is 12.9. The molecule has 0 aliphatic carbocycles. The van der Waals surface area contributed by atoms with E-state index < -0.39 is 10.0 Å². The number of hydrogen-bond acceptors (Lipinski definition) is 7. The van der Waals surface area contributed by atoms with Gasteiger partial charge in [0.15, 0.2) is 11.5 Å². The molecule has 10 nitrogen and oxygen atoms in total. The van der Waals surface area contributed by atoms with Gasteiger partial charge in [0.2, 0.25) is 5.16 Å². The van der Waals surface area contributed by atoms with E-state index >= 15 is 0 Å². The molecule has 2 atom stereocenters. The molecule has 0 radical (unpaired) electrons. The second-order valence-electron chi connectivity index (χ2n) is 7.28. The van der Waals surface area contributed by atoms with Crippen molar-refractivity contribution in [2.24, 2.45) is 18.9 Å². The van der Waals surface area contributed by atoms with Crippen LogP contribution in [0, 0.1) is 18.8 Å². The Morgan fingerprint density at radius 1 is 1.07 bits per heavy atom. The highest BCUT2D eigenvalue weighted by molar-refractivity contribution is 7.89. The van der Waals surface area contributed by atoms with Gasteiger partial charge >= 0.3 is 0 Å². The summed E-state index contributed by atoms with van der Waals surface area (Å²) in [5.41, 5.74) is 0.725. The summed E-state index contributed by atoms with van der Waals surface area (Å²) in [5.74, 6) is 2.20. The van der Waals surface area contributed by atoms with Crippen molar-refractivity contribution in [2.75, 3.05) is 31.1 Å². The standard InChI is InChI=1S/C16H20N8O2S/c1-11-18-19-14-3-4-15(20-24(11)14)22-7-12-9-23(10-13(12)8-22)27(25,26)16-17-5-6-21(16)2/h3-6,12-13H,7-10H2,1-2H3. The van der Waals surface area contributed by atoms with Crippen molar-refractivity contribution in [3.63, 3.8) is 0 Å². The molecule has 0 saturated carbocycles. The molecule has 2 aliphatic rings. The number of rotatable bonds is 3. The molecular formula is C16H20N8O2S. The van der Waals surface area contributed by atoms with Gasteiger partial charge < -0.3 is 9.47 Å². The molecule has 0 amide bonds. The van der Waals surface area contributed by atoms with Gasteiger partial charge in [-0.1, -0.05) is 0 Å². The largest absolute Gasteiger partial charge is 0.355 e. The van der Waals surface area contributed by atoms with E-state index in [-0.39, 0.29) is 5.16 Å². The predicted molar refractivity (Wildman–Crippen MR) is 96.7 cm³/mol. The fourth-order valence-electron chi connectivity index (χ4n) is 4.10. The maximum atomic E-state index is 12.9. The van der Waals surface area contributed by atoms with E-state index in [2.05, 4.69) is 25.2 Å². The van der Waals surface area contributed by atoms with Gasteiger partial charge in [-0.25, -0.2) is 13.4 Å². The number of aryl methyl sites for hydroxylation is 2. The molecule has 0 bridgehead atoms. The molecule has 0 aromatic carbocycles. The summed E-state index contributed by atoms with van der Waals surface area (Å²) >= 11 is 0. The second kappa shape index (κ2) is 5.73. The molecule has 2 aliphatic heterocycles. The Morgan fingerprint density at radius 3 is 2.48 bits per heavy atom. The lowest BCUT2D eigenvalue weighted by atomic mass is 10.0. The molecule has 2 fully saturated rings. The smallest absolute Gasteiger partial charge is 0.277 e. The normalized spacial score (nSPS) is 23.4. The third-order valence-electron chi connectivity index (χ3n) is 5.53. The first-order chi connectivity index (χ1) is 12.9. The summed E-state index contributed by atoms with van der Waals surface area (Å²) in [5, 5.41) is 12.8. The lowest BCUT2D eigenvalue weighted by Gasteiger charge is -2.21. The zero-order valence-electron chi connectivity index (χ0n) is 15.1. The third kappa shape index (κ3) is 2.52. The SMILES string of the molecule is Cc1nnc2ccc(N3CC4CN(S(=O)(=O)c5nccn5C)CC4C3)nn12. The van der Waals surface area contributed by atoms with Gasteiger partial charge in [0.05, 0.1) is 0 Å². The first-order valence-electron chi connectivity index (χ1n) is 8.85. The van der Waals surface area contributed by atoms with E-state index in [0.717, 1.165) is 30.4 Å². The van der Waals surface area contributed by atoms with Gasteiger partial charge in [-0.3, -0.25) is 0 Å². The molecule has 2 unspecified atom stereocenters. The van der Waals surface area contributed by atoms with Crippen molar-refractivity contribution in [3.05, 3.63) is 30.4 Å². The molecule has 0 spiro atoms. The van der Waals surface area contributed by atoms with Crippen LogP contribution in [0.5, 0.6) is 0 Å². The summed E-state index contributed by atoms with van der Waals surface area (Å²) in [6, 6.07) is 3.86. The van der Waals surface area contributed by atoms with Crippen LogP contribution in [0.15, 0.2) is 29.7 Å². The third-order valence-corrected chi connectivity index (χ3v) is 7.36.